The number of hydrogen-bond donors (Lipinski definition) is 2. The molecule has 2 aromatic carbocycles. The summed E-state index contributed by atoms with van der Waals surface area (Å²) in [5, 5.41) is 2.61. The highest BCUT2D eigenvalue weighted by Gasteiger charge is 2.15. The van der Waals surface area contributed by atoms with Crippen LogP contribution in [0.3, 0.4) is 0 Å². The fraction of sp³-hybridized carbons (Fsp3) is 0.278. The van der Waals surface area contributed by atoms with Crippen molar-refractivity contribution in [2.24, 2.45) is 0 Å². The average molecular weight is 346 g/mol. The number of carbonyl (C=O) groups excluding carboxylic acids is 1. The second kappa shape index (κ2) is 7.15. The zero-order valence-corrected chi connectivity index (χ0v) is 15.1. The maximum Gasteiger partial charge on any atom is 0.240 e. The first-order valence-corrected chi connectivity index (χ1v) is 9.11. The van der Waals surface area contributed by atoms with Gasteiger partial charge in [0.05, 0.1) is 4.90 Å². The molecule has 0 fully saturated rings. The van der Waals surface area contributed by atoms with Gasteiger partial charge < -0.3 is 5.32 Å². The SMILES string of the molecule is CC(=O)Nc1ccc(S(=O)(=O)NCc2c(C)cc(C)cc2C)cc1. The zero-order chi connectivity index (χ0) is 17.9. The minimum Gasteiger partial charge on any atom is -0.326 e. The lowest BCUT2D eigenvalue weighted by Gasteiger charge is -2.13. The summed E-state index contributed by atoms with van der Waals surface area (Å²) in [7, 11) is -3.61. The Balaban J connectivity index is 2.16. The maximum atomic E-state index is 12.4. The lowest BCUT2D eigenvalue weighted by Crippen LogP contribution is -2.24. The van der Waals surface area contributed by atoms with E-state index < -0.39 is 10.0 Å². The minimum atomic E-state index is -3.61. The van der Waals surface area contributed by atoms with E-state index in [9.17, 15) is 13.2 Å². The van der Waals surface area contributed by atoms with Gasteiger partial charge in [-0.1, -0.05) is 17.7 Å². The fourth-order valence-corrected chi connectivity index (χ4v) is 3.66. The standard InChI is InChI=1S/C18H22N2O3S/c1-12-9-13(2)18(14(3)10-12)11-19-24(22,23)17-7-5-16(6-8-17)20-15(4)21/h5-10,19H,11H2,1-4H3,(H,20,21). The van der Waals surface area contributed by atoms with Gasteiger partial charge in [-0.3, -0.25) is 4.79 Å². The molecule has 0 radical (unpaired) electrons. The molecule has 6 heteroatoms. The van der Waals surface area contributed by atoms with E-state index in [4.69, 9.17) is 0 Å². The Morgan fingerprint density at radius 2 is 1.54 bits per heavy atom. The van der Waals surface area contributed by atoms with E-state index in [-0.39, 0.29) is 17.3 Å². The summed E-state index contributed by atoms with van der Waals surface area (Å²) < 4.78 is 27.5. The topological polar surface area (TPSA) is 75.3 Å². The van der Waals surface area contributed by atoms with Crippen molar-refractivity contribution in [3.05, 3.63) is 58.7 Å². The number of amides is 1. The van der Waals surface area contributed by atoms with E-state index in [1.807, 2.05) is 32.9 Å². The van der Waals surface area contributed by atoms with E-state index in [0.717, 1.165) is 22.3 Å². The van der Waals surface area contributed by atoms with Crippen LogP contribution in [0, 0.1) is 20.8 Å². The highest BCUT2D eigenvalue weighted by atomic mass is 32.2. The molecule has 128 valence electrons. The molecule has 0 bridgehead atoms. The Hall–Kier alpha value is -2.18. The molecular formula is C18H22N2O3S. The lowest BCUT2D eigenvalue weighted by atomic mass is 10.0. The van der Waals surface area contributed by atoms with Gasteiger partial charge in [0.15, 0.2) is 0 Å². The van der Waals surface area contributed by atoms with E-state index in [0.29, 0.717) is 5.69 Å². The van der Waals surface area contributed by atoms with Crippen LogP contribution in [0.1, 0.15) is 29.2 Å². The first-order chi connectivity index (χ1) is 11.2. The second-order valence-corrected chi connectivity index (χ2v) is 7.67. The summed E-state index contributed by atoms with van der Waals surface area (Å²) in [6.07, 6.45) is 0. The van der Waals surface area contributed by atoms with Gasteiger partial charge in [0, 0.05) is 19.2 Å². The maximum absolute atomic E-state index is 12.4. The Kier molecular flexibility index (Phi) is 5.41. The van der Waals surface area contributed by atoms with Crippen LogP contribution in [0.25, 0.3) is 0 Å². The Labute approximate surface area is 143 Å². The van der Waals surface area contributed by atoms with Gasteiger partial charge >= 0.3 is 0 Å². The third kappa shape index (κ3) is 4.43. The summed E-state index contributed by atoms with van der Waals surface area (Å²) in [6.45, 7) is 7.62. The molecule has 0 saturated carbocycles. The molecule has 0 aliphatic rings. The first kappa shape index (κ1) is 18.2. The van der Waals surface area contributed by atoms with Crippen LogP contribution in [-0.2, 0) is 21.4 Å². The van der Waals surface area contributed by atoms with Gasteiger partial charge in [-0.05, 0) is 61.7 Å². The summed E-state index contributed by atoms with van der Waals surface area (Å²) in [5.41, 5.74) is 4.84. The number of sulfonamides is 1. The smallest absolute Gasteiger partial charge is 0.240 e. The van der Waals surface area contributed by atoms with Gasteiger partial charge in [0.1, 0.15) is 0 Å². The molecule has 0 saturated heterocycles. The van der Waals surface area contributed by atoms with Gasteiger partial charge in [0.2, 0.25) is 15.9 Å². The second-order valence-electron chi connectivity index (χ2n) is 5.91. The van der Waals surface area contributed by atoms with Crippen LogP contribution in [-0.4, -0.2) is 14.3 Å². The minimum absolute atomic E-state index is 0.166. The third-order valence-electron chi connectivity index (χ3n) is 3.76. The van der Waals surface area contributed by atoms with Crippen LogP contribution in [0.4, 0.5) is 5.69 Å². The predicted octanol–water partition coefficient (Wildman–Crippen LogP) is 3.05. The molecule has 2 rings (SSSR count). The summed E-state index contributed by atoms with van der Waals surface area (Å²) in [5.74, 6) is -0.200. The number of rotatable bonds is 5. The van der Waals surface area contributed by atoms with E-state index in [1.165, 1.54) is 19.1 Å². The van der Waals surface area contributed by atoms with Gasteiger partial charge in [0.25, 0.3) is 0 Å². The first-order valence-electron chi connectivity index (χ1n) is 7.63. The fourth-order valence-electron chi connectivity index (χ4n) is 2.66. The largest absolute Gasteiger partial charge is 0.326 e. The number of hydrogen-bond acceptors (Lipinski definition) is 3. The molecule has 2 aromatic rings. The Morgan fingerprint density at radius 1 is 1.00 bits per heavy atom. The number of carbonyl (C=O) groups is 1. The average Bonchev–Trinajstić information content (AvgIpc) is 2.45. The Morgan fingerprint density at radius 3 is 2.04 bits per heavy atom. The molecule has 0 atom stereocenters. The molecule has 0 aliphatic heterocycles. The van der Waals surface area contributed by atoms with Crippen molar-refractivity contribution in [3.8, 4) is 0 Å². The molecule has 5 nitrogen and oxygen atoms in total. The predicted molar refractivity (Wildman–Crippen MR) is 95.4 cm³/mol. The van der Waals surface area contributed by atoms with Crippen molar-refractivity contribution in [1.29, 1.82) is 0 Å². The lowest BCUT2D eigenvalue weighted by molar-refractivity contribution is -0.114. The number of aryl methyl sites for hydroxylation is 3. The van der Waals surface area contributed by atoms with Crippen molar-refractivity contribution in [2.75, 3.05) is 5.32 Å². The molecule has 0 spiro atoms. The quantitative estimate of drug-likeness (QED) is 0.874. The summed E-state index contributed by atoms with van der Waals surface area (Å²) in [4.78, 5) is 11.2. The normalized spacial score (nSPS) is 11.3. The van der Waals surface area contributed by atoms with Crippen LogP contribution >= 0.6 is 0 Å². The molecule has 1 amide bonds. The number of benzene rings is 2. The third-order valence-corrected chi connectivity index (χ3v) is 5.18. The molecule has 24 heavy (non-hydrogen) atoms. The highest BCUT2D eigenvalue weighted by molar-refractivity contribution is 7.89. The summed E-state index contributed by atoms with van der Waals surface area (Å²) in [6, 6.07) is 10.2. The molecular weight excluding hydrogens is 324 g/mol. The Bertz CT molecular complexity index is 833. The van der Waals surface area contributed by atoms with Crippen molar-refractivity contribution < 1.29 is 13.2 Å². The molecule has 0 unspecified atom stereocenters. The van der Waals surface area contributed by atoms with Gasteiger partial charge in [-0.25, -0.2) is 13.1 Å². The van der Waals surface area contributed by atoms with Gasteiger partial charge in [-0.15, -0.1) is 0 Å². The highest BCUT2D eigenvalue weighted by Crippen LogP contribution is 2.18. The van der Waals surface area contributed by atoms with Crippen LogP contribution in [0.2, 0.25) is 0 Å². The van der Waals surface area contributed by atoms with Crippen molar-refractivity contribution in [3.63, 3.8) is 0 Å². The van der Waals surface area contributed by atoms with Crippen molar-refractivity contribution >= 4 is 21.6 Å². The molecule has 0 aliphatic carbocycles. The molecule has 0 heterocycles. The zero-order valence-electron chi connectivity index (χ0n) is 14.3. The summed E-state index contributed by atoms with van der Waals surface area (Å²) >= 11 is 0. The van der Waals surface area contributed by atoms with E-state index >= 15 is 0 Å². The number of anilines is 1. The molecule has 2 N–H and O–H groups in total. The van der Waals surface area contributed by atoms with Crippen molar-refractivity contribution in [2.45, 2.75) is 39.1 Å². The monoisotopic (exact) mass is 346 g/mol. The van der Waals surface area contributed by atoms with Gasteiger partial charge in [-0.2, -0.15) is 0 Å². The van der Waals surface area contributed by atoms with E-state index in [2.05, 4.69) is 10.0 Å². The van der Waals surface area contributed by atoms with Crippen LogP contribution < -0.4 is 10.0 Å². The van der Waals surface area contributed by atoms with Crippen molar-refractivity contribution in [1.82, 2.24) is 4.72 Å². The van der Waals surface area contributed by atoms with E-state index in [1.54, 1.807) is 12.1 Å². The molecule has 0 aromatic heterocycles. The number of nitrogens with one attached hydrogen (secondary N) is 2. The van der Waals surface area contributed by atoms with Crippen LogP contribution in [0.5, 0.6) is 0 Å². The van der Waals surface area contributed by atoms with Crippen LogP contribution in [0.15, 0.2) is 41.3 Å².